The maximum Gasteiger partial charge on any atom is 0.253 e. The maximum atomic E-state index is 13.2. The van der Waals surface area contributed by atoms with E-state index >= 15 is 0 Å². The maximum absolute atomic E-state index is 13.2. The summed E-state index contributed by atoms with van der Waals surface area (Å²) in [5, 5.41) is 17.7. The number of amides is 2. The molecule has 1 aliphatic heterocycles. The van der Waals surface area contributed by atoms with Gasteiger partial charge in [0.05, 0.1) is 6.54 Å². The smallest absolute Gasteiger partial charge is 0.253 e. The summed E-state index contributed by atoms with van der Waals surface area (Å²) in [5.41, 5.74) is 2.81. The Kier molecular flexibility index (Phi) is 10.2. The lowest BCUT2D eigenvalue weighted by Gasteiger charge is -2.23. The Hall–Kier alpha value is -3.30. The van der Waals surface area contributed by atoms with Crippen molar-refractivity contribution in [3.05, 3.63) is 77.6 Å². The van der Waals surface area contributed by atoms with E-state index in [0.29, 0.717) is 38.2 Å². The normalized spacial score (nSPS) is 17.8. The lowest BCUT2D eigenvalue weighted by atomic mass is 10.0. The van der Waals surface area contributed by atoms with Crippen LogP contribution in [0.1, 0.15) is 53.2 Å². The molecule has 2 heterocycles. The van der Waals surface area contributed by atoms with E-state index in [4.69, 9.17) is 0 Å². The summed E-state index contributed by atoms with van der Waals surface area (Å²) in [7, 11) is 0. The quantitative estimate of drug-likeness (QED) is 0.574. The van der Waals surface area contributed by atoms with Gasteiger partial charge in [-0.05, 0) is 59.5 Å². The van der Waals surface area contributed by atoms with E-state index in [-0.39, 0.29) is 30.3 Å². The number of nitrogens with zero attached hydrogens (tertiary/aromatic N) is 5. The SMILES string of the molecule is Cl.O=C1CC(c2ccccc2)NCCCCN(C(=O)c2ccc(Cn3cnnn3)cc2)CCCN1. The Morgan fingerprint density at radius 2 is 1.74 bits per heavy atom. The van der Waals surface area contributed by atoms with Gasteiger partial charge < -0.3 is 15.5 Å². The number of halogens is 1. The third kappa shape index (κ3) is 7.87. The molecule has 10 heteroatoms. The van der Waals surface area contributed by atoms with Crippen LogP contribution in [0.3, 0.4) is 0 Å². The van der Waals surface area contributed by atoms with Gasteiger partial charge in [-0.25, -0.2) is 4.68 Å². The number of nitrogens with one attached hydrogen (secondary N) is 2. The number of carbonyl (C=O) groups is 2. The highest BCUT2D eigenvalue weighted by molar-refractivity contribution is 5.94. The first-order valence-electron chi connectivity index (χ1n) is 11.8. The molecule has 4 rings (SSSR count). The highest BCUT2D eigenvalue weighted by atomic mass is 35.5. The topological polar surface area (TPSA) is 105 Å². The fraction of sp³-hybridized carbons (Fsp3) is 0.400. The molecule has 1 unspecified atom stereocenters. The third-order valence-corrected chi connectivity index (χ3v) is 5.99. The number of carbonyl (C=O) groups excluding carboxylic acids is 2. The molecule has 1 saturated heterocycles. The van der Waals surface area contributed by atoms with E-state index in [1.807, 2.05) is 47.4 Å². The molecule has 0 radical (unpaired) electrons. The molecule has 35 heavy (non-hydrogen) atoms. The number of tetrazole rings is 1. The van der Waals surface area contributed by atoms with E-state index in [2.05, 4.69) is 38.3 Å². The van der Waals surface area contributed by atoms with Crippen LogP contribution >= 0.6 is 12.4 Å². The van der Waals surface area contributed by atoms with Crippen molar-refractivity contribution in [1.29, 1.82) is 0 Å². The van der Waals surface area contributed by atoms with Crippen molar-refractivity contribution in [2.24, 2.45) is 0 Å². The highest BCUT2D eigenvalue weighted by Crippen LogP contribution is 2.17. The predicted molar refractivity (Wildman–Crippen MR) is 135 cm³/mol. The van der Waals surface area contributed by atoms with Gasteiger partial charge in [-0.15, -0.1) is 17.5 Å². The van der Waals surface area contributed by atoms with Gasteiger partial charge in [0.1, 0.15) is 6.33 Å². The van der Waals surface area contributed by atoms with Crippen LogP contribution in [0.4, 0.5) is 0 Å². The summed E-state index contributed by atoms with van der Waals surface area (Å²) in [6, 6.07) is 17.7. The van der Waals surface area contributed by atoms with E-state index in [9.17, 15) is 9.59 Å². The number of benzene rings is 2. The average Bonchev–Trinajstić information content (AvgIpc) is 3.38. The van der Waals surface area contributed by atoms with Gasteiger partial charge in [0.15, 0.2) is 0 Å². The fourth-order valence-corrected chi connectivity index (χ4v) is 4.14. The molecule has 0 saturated carbocycles. The summed E-state index contributed by atoms with van der Waals surface area (Å²) in [5.74, 6) is 0.0435. The summed E-state index contributed by atoms with van der Waals surface area (Å²) < 4.78 is 1.64. The van der Waals surface area contributed by atoms with Crippen LogP contribution in [-0.4, -0.2) is 63.1 Å². The van der Waals surface area contributed by atoms with Gasteiger partial charge in [0.2, 0.25) is 5.91 Å². The molecule has 9 nitrogen and oxygen atoms in total. The first-order chi connectivity index (χ1) is 16.7. The van der Waals surface area contributed by atoms with Crippen molar-refractivity contribution in [2.75, 3.05) is 26.2 Å². The Morgan fingerprint density at radius 1 is 0.971 bits per heavy atom. The monoisotopic (exact) mass is 497 g/mol. The molecule has 1 fully saturated rings. The van der Waals surface area contributed by atoms with Crippen LogP contribution in [0.25, 0.3) is 0 Å². The second-order valence-corrected chi connectivity index (χ2v) is 8.53. The zero-order chi connectivity index (χ0) is 23.6. The zero-order valence-electron chi connectivity index (χ0n) is 19.7. The van der Waals surface area contributed by atoms with Crippen molar-refractivity contribution in [3.63, 3.8) is 0 Å². The van der Waals surface area contributed by atoms with Gasteiger partial charge in [-0.3, -0.25) is 9.59 Å². The van der Waals surface area contributed by atoms with E-state index in [1.165, 1.54) is 0 Å². The third-order valence-electron chi connectivity index (χ3n) is 5.99. The molecule has 3 aromatic rings. The van der Waals surface area contributed by atoms with Crippen LogP contribution in [0.5, 0.6) is 0 Å². The fourth-order valence-electron chi connectivity index (χ4n) is 4.14. The minimum absolute atomic E-state index is 0. The summed E-state index contributed by atoms with van der Waals surface area (Å²) in [6.07, 6.45) is 4.52. The Morgan fingerprint density at radius 3 is 2.49 bits per heavy atom. The Balaban J connectivity index is 0.00000342. The van der Waals surface area contributed by atoms with Crippen LogP contribution in [0.2, 0.25) is 0 Å². The molecule has 2 amide bonds. The molecular weight excluding hydrogens is 466 g/mol. The Labute approximate surface area is 211 Å². The molecule has 1 atom stereocenters. The van der Waals surface area contributed by atoms with Crippen LogP contribution in [0.15, 0.2) is 60.9 Å². The molecule has 186 valence electrons. The number of aromatic nitrogens is 4. The first kappa shape index (κ1) is 26.3. The van der Waals surface area contributed by atoms with Crippen molar-refractivity contribution < 1.29 is 9.59 Å². The molecule has 2 aromatic carbocycles. The number of hydrogen-bond donors (Lipinski definition) is 2. The summed E-state index contributed by atoms with van der Waals surface area (Å²) in [4.78, 5) is 27.6. The Bertz CT molecular complexity index is 1050. The van der Waals surface area contributed by atoms with Gasteiger partial charge in [-0.1, -0.05) is 42.5 Å². The molecule has 2 N–H and O–H groups in total. The van der Waals surface area contributed by atoms with E-state index in [0.717, 1.165) is 36.9 Å². The van der Waals surface area contributed by atoms with Gasteiger partial charge >= 0.3 is 0 Å². The highest BCUT2D eigenvalue weighted by Gasteiger charge is 2.18. The van der Waals surface area contributed by atoms with Gasteiger partial charge in [0, 0.05) is 37.7 Å². The lowest BCUT2D eigenvalue weighted by Crippen LogP contribution is -2.35. The van der Waals surface area contributed by atoms with Crippen molar-refractivity contribution in [1.82, 2.24) is 35.7 Å². The zero-order valence-corrected chi connectivity index (χ0v) is 20.5. The second kappa shape index (κ2) is 13.6. The minimum Gasteiger partial charge on any atom is -0.356 e. The molecule has 1 aliphatic rings. The first-order valence-corrected chi connectivity index (χ1v) is 11.8. The van der Waals surface area contributed by atoms with Crippen molar-refractivity contribution in [3.8, 4) is 0 Å². The molecular formula is C25H32ClN7O2. The van der Waals surface area contributed by atoms with Crippen LogP contribution < -0.4 is 10.6 Å². The van der Waals surface area contributed by atoms with Gasteiger partial charge in [0.25, 0.3) is 5.91 Å². The summed E-state index contributed by atoms with van der Waals surface area (Å²) >= 11 is 0. The molecule has 0 bridgehead atoms. The molecule has 0 aliphatic carbocycles. The second-order valence-electron chi connectivity index (χ2n) is 8.53. The van der Waals surface area contributed by atoms with Crippen LogP contribution in [0, 0.1) is 0 Å². The van der Waals surface area contributed by atoms with Crippen molar-refractivity contribution >= 4 is 24.2 Å². The average molecular weight is 498 g/mol. The van der Waals surface area contributed by atoms with E-state index in [1.54, 1.807) is 11.0 Å². The predicted octanol–water partition coefficient (Wildman–Crippen LogP) is 2.61. The lowest BCUT2D eigenvalue weighted by molar-refractivity contribution is -0.121. The van der Waals surface area contributed by atoms with Crippen molar-refractivity contribution in [2.45, 2.75) is 38.3 Å². The standard InChI is InChI=1S/C25H31N7O2.ClH/c33-24-17-23(21-7-2-1-3-8-21)26-13-4-5-15-31(16-6-14-27-24)25(34)22-11-9-20(10-12-22)18-32-19-28-29-30-32;/h1-3,7-12,19,23,26H,4-6,13-18H2,(H,27,33);1H. The molecule has 1 aromatic heterocycles. The molecule has 0 spiro atoms. The minimum atomic E-state index is -0.00787. The number of hydrogen-bond acceptors (Lipinski definition) is 6. The largest absolute Gasteiger partial charge is 0.356 e. The van der Waals surface area contributed by atoms with Crippen LogP contribution in [-0.2, 0) is 11.3 Å². The van der Waals surface area contributed by atoms with Gasteiger partial charge in [-0.2, -0.15) is 0 Å². The van der Waals surface area contributed by atoms with E-state index < -0.39 is 0 Å². The number of rotatable bonds is 4. The summed E-state index contributed by atoms with van der Waals surface area (Å²) in [6.45, 7) is 3.20.